The average Bonchev–Trinajstić information content (AvgIpc) is 3.02. The van der Waals surface area contributed by atoms with Crippen molar-refractivity contribution in [2.75, 3.05) is 11.1 Å². The van der Waals surface area contributed by atoms with Crippen molar-refractivity contribution in [1.29, 1.82) is 0 Å². The number of carboxylic acids is 1. The summed E-state index contributed by atoms with van der Waals surface area (Å²) >= 11 is 1.31. The third kappa shape index (κ3) is 4.31. The van der Waals surface area contributed by atoms with Crippen molar-refractivity contribution in [1.82, 2.24) is 9.97 Å². The van der Waals surface area contributed by atoms with Gasteiger partial charge in [0.2, 0.25) is 5.91 Å². The van der Waals surface area contributed by atoms with Gasteiger partial charge in [-0.25, -0.2) is 9.78 Å². The summed E-state index contributed by atoms with van der Waals surface area (Å²) in [5, 5.41) is 12.3. The van der Waals surface area contributed by atoms with Crippen LogP contribution in [0.1, 0.15) is 16.1 Å². The van der Waals surface area contributed by atoms with Crippen LogP contribution in [0.3, 0.4) is 0 Å². The fourth-order valence-electron chi connectivity index (χ4n) is 2.41. The number of hydrogen-bond acceptors (Lipinski definition) is 4. The van der Waals surface area contributed by atoms with E-state index in [0.29, 0.717) is 10.8 Å². The second-order valence-corrected chi connectivity index (χ2v) is 6.56. The molecule has 0 radical (unpaired) electrons. The number of aromatic amines is 1. The highest BCUT2D eigenvalue weighted by Gasteiger charge is 2.11. The van der Waals surface area contributed by atoms with Crippen molar-refractivity contribution in [3.05, 3.63) is 65.9 Å². The molecule has 0 aliphatic carbocycles. The van der Waals surface area contributed by atoms with Gasteiger partial charge in [0.15, 0.2) is 5.16 Å². The molecule has 0 bridgehead atoms. The van der Waals surface area contributed by atoms with E-state index in [1.165, 1.54) is 23.9 Å². The number of carbonyl (C=O) groups is 2. The van der Waals surface area contributed by atoms with Gasteiger partial charge in [-0.15, -0.1) is 0 Å². The highest BCUT2D eigenvalue weighted by atomic mass is 32.2. The molecule has 6 nitrogen and oxygen atoms in total. The van der Waals surface area contributed by atoms with Gasteiger partial charge in [-0.05, 0) is 31.2 Å². The number of aromatic nitrogens is 2. The molecule has 0 atom stereocenters. The topological polar surface area (TPSA) is 95.1 Å². The molecule has 0 aliphatic rings. The van der Waals surface area contributed by atoms with E-state index in [0.717, 1.165) is 17.0 Å². The Morgan fingerprint density at radius 3 is 2.46 bits per heavy atom. The van der Waals surface area contributed by atoms with Gasteiger partial charge in [0.05, 0.1) is 17.0 Å². The lowest BCUT2D eigenvalue weighted by molar-refractivity contribution is -0.113. The van der Waals surface area contributed by atoms with Crippen molar-refractivity contribution >= 4 is 29.3 Å². The highest BCUT2D eigenvalue weighted by Crippen LogP contribution is 2.25. The molecular weight excluding hydrogens is 350 g/mol. The molecule has 0 fully saturated rings. The Hall–Kier alpha value is -3.06. The summed E-state index contributed by atoms with van der Waals surface area (Å²) < 4.78 is 0. The summed E-state index contributed by atoms with van der Waals surface area (Å²) in [6, 6.07) is 15.9. The second kappa shape index (κ2) is 7.88. The van der Waals surface area contributed by atoms with Gasteiger partial charge in [0.1, 0.15) is 0 Å². The van der Waals surface area contributed by atoms with Crippen LogP contribution in [-0.2, 0) is 4.79 Å². The maximum absolute atomic E-state index is 12.1. The zero-order valence-corrected chi connectivity index (χ0v) is 14.8. The maximum Gasteiger partial charge on any atom is 0.335 e. The largest absolute Gasteiger partial charge is 0.478 e. The van der Waals surface area contributed by atoms with E-state index < -0.39 is 5.97 Å². The van der Waals surface area contributed by atoms with E-state index in [4.69, 9.17) is 5.11 Å². The number of hydrogen-bond donors (Lipinski definition) is 3. The fourth-order valence-corrected chi connectivity index (χ4v) is 3.13. The normalized spacial score (nSPS) is 10.5. The van der Waals surface area contributed by atoms with Crippen molar-refractivity contribution in [2.24, 2.45) is 0 Å². The minimum absolute atomic E-state index is 0.178. The maximum atomic E-state index is 12.1. The predicted molar refractivity (Wildman–Crippen MR) is 102 cm³/mol. The first kappa shape index (κ1) is 17.8. The number of rotatable bonds is 6. The molecular formula is C19H17N3O3S. The zero-order valence-electron chi connectivity index (χ0n) is 14.0. The zero-order chi connectivity index (χ0) is 18.5. The number of aryl methyl sites for hydroxylation is 1. The van der Waals surface area contributed by atoms with Gasteiger partial charge < -0.3 is 15.4 Å². The highest BCUT2D eigenvalue weighted by molar-refractivity contribution is 7.99. The van der Waals surface area contributed by atoms with Crippen molar-refractivity contribution in [3.63, 3.8) is 0 Å². The molecule has 3 rings (SSSR count). The number of thioether (sulfide) groups is 1. The Kier molecular flexibility index (Phi) is 5.38. The molecule has 2 aromatic carbocycles. The van der Waals surface area contributed by atoms with Gasteiger partial charge in [0, 0.05) is 16.9 Å². The quantitative estimate of drug-likeness (QED) is 0.576. The van der Waals surface area contributed by atoms with Crippen molar-refractivity contribution < 1.29 is 14.7 Å². The second-order valence-electron chi connectivity index (χ2n) is 5.60. The third-order valence-electron chi connectivity index (χ3n) is 3.67. The number of benzene rings is 2. The van der Waals surface area contributed by atoms with Gasteiger partial charge in [-0.2, -0.15) is 0 Å². The number of nitrogens with one attached hydrogen (secondary N) is 2. The molecule has 0 aliphatic heterocycles. The molecule has 7 heteroatoms. The molecule has 3 aromatic rings. The average molecular weight is 367 g/mol. The molecule has 0 saturated heterocycles. The summed E-state index contributed by atoms with van der Waals surface area (Å²) in [6.45, 7) is 1.95. The number of carbonyl (C=O) groups excluding carboxylic acids is 1. The molecule has 132 valence electrons. The van der Waals surface area contributed by atoms with E-state index in [1.54, 1.807) is 12.1 Å². The van der Waals surface area contributed by atoms with E-state index in [2.05, 4.69) is 15.3 Å². The molecule has 26 heavy (non-hydrogen) atoms. The number of carboxylic acid groups (broad SMARTS) is 1. The summed E-state index contributed by atoms with van der Waals surface area (Å²) in [4.78, 5) is 30.6. The lowest BCUT2D eigenvalue weighted by Crippen LogP contribution is -2.14. The predicted octanol–water partition coefficient (Wildman–Crippen LogP) is 3.81. The van der Waals surface area contributed by atoms with Crippen LogP contribution in [0.15, 0.2) is 59.8 Å². The van der Waals surface area contributed by atoms with Crippen LogP contribution in [0.2, 0.25) is 0 Å². The molecule has 0 spiro atoms. The number of anilines is 1. The number of amides is 1. The molecule has 1 aromatic heterocycles. The van der Waals surface area contributed by atoms with Crippen LogP contribution in [0.4, 0.5) is 5.69 Å². The SMILES string of the molecule is Cc1[nH]c(SCC(=O)Nc2ccc(C(=O)O)cc2)nc1-c1ccccc1. The summed E-state index contributed by atoms with van der Waals surface area (Å²) in [5.74, 6) is -0.990. The molecule has 1 heterocycles. The van der Waals surface area contributed by atoms with E-state index in [1.807, 2.05) is 37.3 Å². The van der Waals surface area contributed by atoms with E-state index in [9.17, 15) is 9.59 Å². The standard InChI is InChI=1S/C19H17N3O3S/c1-12-17(13-5-3-2-4-6-13)22-19(20-12)26-11-16(23)21-15-9-7-14(8-10-15)18(24)25/h2-10H,11H2,1H3,(H,20,22)(H,21,23)(H,24,25). The monoisotopic (exact) mass is 367 g/mol. The summed E-state index contributed by atoms with van der Waals surface area (Å²) in [7, 11) is 0. The Bertz CT molecular complexity index is 921. The van der Waals surface area contributed by atoms with Crippen LogP contribution in [0.25, 0.3) is 11.3 Å². The third-order valence-corrected chi connectivity index (χ3v) is 4.54. The van der Waals surface area contributed by atoms with E-state index in [-0.39, 0.29) is 17.2 Å². The summed E-state index contributed by atoms with van der Waals surface area (Å²) in [6.07, 6.45) is 0. The van der Waals surface area contributed by atoms with Crippen molar-refractivity contribution in [3.8, 4) is 11.3 Å². The van der Waals surface area contributed by atoms with Crippen LogP contribution >= 0.6 is 11.8 Å². The fraction of sp³-hybridized carbons (Fsp3) is 0.105. The molecule has 0 unspecified atom stereocenters. The summed E-state index contributed by atoms with van der Waals surface area (Å²) in [5.41, 5.74) is 3.58. The van der Waals surface area contributed by atoms with Crippen LogP contribution in [0, 0.1) is 6.92 Å². The minimum Gasteiger partial charge on any atom is -0.478 e. The van der Waals surface area contributed by atoms with E-state index >= 15 is 0 Å². The van der Waals surface area contributed by atoms with Gasteiger partial charge in [0.25, 0.3) is 0 Å². The van der Waals surface area contributed by atoms with Crippen molar-refractivity contribution in [2.45, 2.75) is 12.1 Å². The van der Waals surface area contributed by atoms with Gasteiger partial charge in [-0.3, -0.25) is 4.79 Å². The Labute approximate surface area is 154 Å². The first-order valence-corrected chi connectivity index (χ1v) is 8.89. The molecule has 3 N–H and O–H groups in total. The molecule has 1 amide bonds. The Balaban J connectivity index is 1.59. The first-order chi connectivity index (χ1) is 12.5. The lowest BCUT2D eigenvalue weighted by atomic mass is 10.1. The molecule has 0 saturated carbocycles. The number of H-pyrrole nitrogens is 1. The van der Waals surface area contributed by atoms with Crippen LogP contribution in [0.5, 0.6) is 0 Å². The number of nitrogens with zero attached hydrogens (tertiary/aromatic N) is 1. The van der Waals surface area contributed by atoms with Gasteiger partial charge >= 0.3 is 5.97 Å². The van der Waals surface area contributed by atoms with Gasteiger partial charge in [-0.1, -0.05) is 42.1 Å². The number of imidazole rings is 1. The Morgan fingerprint density at radius 1 is 1.12 bits per heavy atom. The number of aromatic carboxylic acids is 1. The van der Waals surface area contributed by atoms with Crippen LogP contribution in [-0.4, -0.2) is 32.7 Å². The van der Waals surface area contributed by atoms with Crippen LogP contribution < -0.4 is 5.32 Å². The minimum atomic E-state index is -0.999. The first-order valence-electron chi connectivity index (χ1n) is 7.91. The lowest BCUT2D eigenvalue weighted by Gasteiger charge is -2.04. The Morgan fingerprint density at radius 2 is 1.81 bits per heavy atom. The smallest absolute Gasteiger partial charge is 0.335 e.